The van der Waals surface area contributed by atoms with Crippen molar-refractivity contribution >= 4 is 127 Å². The average Bonchev–Trinajstić information content (AvgIpc) is 4.11. The smallest absolute Gasteiger partial charge is 0.264 e. The number of benzene rings is 8. The molecule has 0 bridgehead atoms. The molecule has 2 aliphatic heterocycles. The van der Waals surface area contributed by atoms with Crippen LogP contribution in [-0.4, -0.2) is 6.71 Å². The summed E-state index contributed by atoms with van der Waals surface area (Å²) in [5, 5.41) is 3.87. The first-order valence-corrected chi connectivity index (χ1v) is 29.4. The first-order valence-electron chi connectivity index (χ1n) is 27.8. The second-order valence-electron chi connectivity index (χ2n) is 27.3. The third-order valence-electron chi connectivity index (χ3n) is 16.5. The van der Waals surface area contributed by atoms with Gasteiger partial charge in [-0.3, -0.25) is 0 Å². The SMILES string of the molecule is Cc1cc2c3c(c1)N(c1cc(N(c4ccc(C(C)(C)C)cc4)c4ccc(C(C)(C)C)cc4)cc4c1sc1ccccc14)c1ccc(C(C)(C)C)cc1B3c1sc3ccc(C(C)(C)C)cc3c1N2c1ccc(C(C)(C)C)cc1. The molecule has 0 amide bonds. The molecule has 0 spiro atoms. The lowest BCUT2D eigenvalue weighted by Crippen LogP contribution is -2.60. The van der Waals surface area contributed by atoms with E-state index in [1.54, 1.807) is 0 Å². The Morgan fingerprint density at radius 1 is 0.390 bits per heavy atom. The van der Waals surface area contributed by atoms with E-state index < -0.39 is 0 Å². The molecule has 0 aliphatic carbocycles. The minimum Gasteiger partial charge on any atom is -0.310 e. The number of fused-ring (bicyclic) bond motifs is 9. The molecule has 0 unspecified atom stereocenters. The standard InChI is InChI=1S/C71H74BN3S2/c1-43-37-58-63-59(38-43)75(60-42-52(41-54-53-19-17-18-20-61(53)76-65(54)60)73(49-29-21-44(22-30-49)67(2,3)4)50-31-23-45(24-32-50)68(5,6)7)57-35-27-48(71(14,15)16)40-56(57)72(63)66-64(55-39-47(70(11,12)13)28-36-62(55)77-66)74(58)51-33-25-46(26-34-51)69(8,9)10/h17-42H,1-16H3. The highest BCUT2D eigenvalue weighted by Crippen LogP contribution is 2.53. The van der Waals surface area contributed by atoms with E-state index in [0.717, 1.165) is 17.1 Å². The van der Waals surface area contributed by atoms with Gasteiger partial charge in [-0.05, 0) is 163 Å². The van der Waals surface area contributed by atoms with E-state index in [0.29, 0.717) is 0 Å². The normalized spacial score (nSPS) is 13.9. The summed E-state index contributed by atoms with van der Waals surface area (Å²) in [7, 11) is 0. The molecular weight excluding hydrogens is 970 g/mol. The van der Waals surface area contributed by atoms with E-state index in [9.17, 15) is 0 Å². The van der Waals surface area contributed by atoms with E-state index in [1.807, 2.05) is 22.7 Å². The van der Waals surface area contributed by atoms with Gasteiger partial charge in [-0.25, -0.2) is 0 Å². The summed E-state index contributed by atoms with van der Waals surface area (Å²) in [6.07, 6.45) is 0. The quantitative estimate of drug-likeness (QED) is 0.159. The summed E-state index contributed by atoms with van der Waals surface area (Å²) in [5.74, 6) is 0. The fourth-order valence-electron chi connectivity index (χ4n) is 12.0. The highest BCUT2D eigenvalue weighted by atomic mass is 32.1. The van der Waals surface area contributed by atoms with Crippen LogP contribution in [0.4, 0.5) is 51.2 Å². The Morgan fingerprint density at radius 2 is 0.883 bits per heavy atom. The summed E-state index contributed by atoms with van der Waals surface area (Å²) < 4.78 is 5.30. The summed E-state index contributed by atoms with van der Waals surface area (Å²) in [5.41, 5.74) is 21.4. The molecule has 12 rings (SSSR count). The molecule has 3 nitrogen and oxygen atoms in total. The number of aryl methyl sites for hydroxylation is 1. The first-order chi connectivity index (χ1) is 36.2. The number of rotatable bonds is 5. The molecular formula is C71H74BN3S2. The molecule has 0 radical (unpaired) electrons. The number of hydrogen-bond donors (Lipinski definition) is 0. The van der Waals surface area contributed by atoms with E-state index in [4.69, 9.17) is 0 Å². The van der Waals surface area contributed by atoms with Crippen molar-refractivity contribution in [1.29, 1.82) is 0 Å². The number of nitrogens with zero attached hydrogens (tertiary/aromatic N) is 3. The number of thiophene rings is 2. The summed E-state index contributed by atoms with van der Waals surface area (Å²) >= 11 is 3.90. The third-order valence-corrected chi connectivity index (χ3v) is 18.9. The van der Waals surface area contributed by atoms with Gasteiger partial charge in [0.05, 0.1) is 16.1 Å². The number of anilines is 9. The lowest BCUT2D eigenvalue weighted by Gasteiger charge is -2.44. The van der Waals surface area contributed by atoms with Gasteiger partial charge in [0.25, 0.3) is 6.71 Å². The average molecular weight is 1040 g/mol. The van der Waals surface area contributed by atoms with Crippen LogP contribution < -0.4 is 30.4 Å². The molecule has 0 saturated carbocycles. The molecule has 0 fully saturated rings. The maximum atomic E-state index is 2.67. The summed E-state index contributed by atoms with van der Waals surface area (Å²) in [6.45, 7) is 37.2. The molecule has 4 heterocycles. The minimum absolute atomic E-state index is 0.00461. The van der Waals surface area contributed by atoms with Crippen LogP contribution >= 0.6 is 22.7 Å². The van der Waals surface area contributed by atoms with E-state index in [-0.39, 0.29) is 33.8 Å². The fourth-order valence-corrected chi connectivity index (χ4v) is 14.4. The van der Waals surface area contributed by atoms with E-state index in [1.165, 1.54) is 113 Å². The second kappa shape index (κ2) is 17.7. The third kappa shape index (κ3) is 8.70. The van der Waals surface area contributed by atoms with Crippen molar-refractivity contribution in [2.45, 2.75) is 138 Å². The second-order valence-corrected chi connectivity index (χ2v) is 29.4. The Morgan fingerprint density at radius 3 is 1.45 bits per heavy atom. The highest BCUT2D eigenvalue weighted by Gasteiger charge is 2.46. The lowest BCUT2D eigenvalue weighted by molar-refractivity contribution is 0.590. The van der Waals surface area contributed by atoms with Gasteiger partial charge < -0.3 is 14.7 Å². The monoisotopic (exact) mass is 1040 g/mol. The van der Waals surface area contributed by atoms with Gasteiger partial charge in [0, 0.05) is 70.1 Å². The largest absolute Gasteiger partial charge is 0.310 e. The molecule has 6 heteroatoms. The predicted molar refractivity (Wildman–Crippen MR) is 342 cm³/mol. The molecule has 0 saturated heterocycles. The Labute approximate surface area is 467 Å². The van der Waals surface area contributed by atoms with Crippen LogP contribution in [-0.2, 0) is 27.1 Å². The Bertz CT molecular complexity index is 3890. The van der Waals surface area contributed by atoms with Gasteiger partial charge in [0.1, 0.15) is 0 Å². The van der Waals surface area contributed by atoms with Crippen LogP contribution in [0.25, 0.3) is 30.3 Å². The van der Waals surface area contributed by atoms with Crippen molar-refractivity contribution < 1.29 is 0 Å². The van der Waals surface area contributed by atoms with Crippen LogP contribution in [0.2, 0.25) is 0 Å². The van der Waals surface area contributed by atoms with Crippen molar-refractivity contribution in [3.05, 3.63) is 191 Å². The van der Waals surface area contributed by atoms with Gasteiger partial charge in [-0.2, -0.15) is 0 Å². The highest BCUT2D eigenvalue weighted by molar-refractivity contribution is 7.33. The predicted octanol–water partition coefficient (Wildman–Crippen LogP) is 19.6. The zero-order valence-corrected chi connectivity index (χ0v) is 49.9. The molecule has 2 aromatic heterocycles. The number of hydrogen-bond acceptors (Lipinski definition) is 5. The van der Waals surface area contributed by atoms with Gasteiger partial charge in [0.15, 0.2) is 0 Å². The van der Waals surface area contributed by atoms with Crippen LogP contribution in [0.3, 0.4) is 0 Å². The zero-order chi connectivity index (χ0) is 54.5. The Kier molecular flexibility index (Phi) is 11.8. The topological polar surface area (TPSA) is 9.72 Å². The Balaban J connectivity index is 1.18. The molecule has 8 aromatic carbocycles. The van der Waals surface area contributed by atoms with Crippen molar-refractivity contribution in [1.82, 2.24) is 0 Å². The molecule has 0 atom stereocenters. The summed E-state index contributed by atoms with van der Waals surface area (Å²) in [6, 6.07) is 61.8. The van der Waals surface area contributed by atoms with Crippen LogP contribution in [0, 0.1) is 6.92 Å². The minimum atomic E-state index is -0.0689. The molecule has 388 valence electrons. The first kappa shape index (κ1) is 51.2. The van der Waals surface area contributed by atoms with E-state index in [2.05, 4.69) is 283 Å². The van der Waals surface area contributed by atoms with Crippen molar-refractivity contribution in [3.63, 3.8) is 0 Å². The maximum absolute atomic E-state index is 2.67. The lowest BCUT2D eigenvalue weighted by atomic mass is 9.36. The van der Waals surface area contributed by atoms with Gasteiger partial charge in [0.2, 0.25) is 0 Å². The zero-order valence-electron chi connectivity index (χ0n) is 48.2. The molecule has 10 aromatic rings. The van der Waals surface area contributed by atoms with Crippen LogP contribution in [0.1, 0.15) is 137 Å². The van der Waals surface area contributed by atoms with Crippen LogP contribution in [0.5, 0.6) is 0 Å². The van der Waals surface area contributed by atoms with Crippen LogP contribution in [0.15, 0.2) is 158 Å². The van der Waals surface area contributed by atoms with Gasteiger partial charge >= 0.3 is 0 Å². The van der Waals surface area contributed by atoms with Crippen molar-refractivity contribution in [3.8, 4) is 0 Å². The Hall–Kier alpha value is -6.60. The molecule has 77 heavy (non-hydrogen) atoms. The molecule has 0 N–H and O–H groups in total. The maximum Gasteiger partial charge on any atom is 0.264 e. The fraction of sp³-hybridized carbons (Fsp3) is 0.296. The van der Waals surface area contributed by atoms with Crippen molar-refractivity contribution in [2.75, 3.05) is 14.7 Å². The molecule has 2 aliphatic rings. The van der Waals surface area contributed by atoms with Crippen molar-refractivity contribution in [2.24, 2.45) is 0 Å². The summed E-state index contributed by atoms with van der Waals surface area (Å²) in [4.78, 5) is 7.81. The van der Waals surface area contributed by atoms with Gasteiger partial charge in [-0.1, -0.05) is 177 Å². The van der Waals surface area contributed by atoms with Gasteiger partial charge in [-0.15, -0.1) is 22.7 Å². The van der Waals surface area contributed by atoms with E-state index >= 15 is 0 Å².